The van der Waals surface area contributed by atoms with Crippen LogP contribution in [-0.2, 0) is 11.2 Å². The van der Waals surface area contributed by atoms with Crippen molar-refractivity contribution in [3.63, 3.8) is 0 Å². The summed E-state index contributed by atoms with van der Waals surface area (Å²) in [6.45, 7) is -1.80. The Morgan fingerprint density at radius 2 is 1.94 bits per heavy atom. The predicted octanol–water partition coefficient (Wildman–Crippen LogP) is 3.48. The Bertz CT molecular complexity index is 396. The Balaban J connectivity index is 2.44. The zero-order valence-electron chi connectivity index (χ0n) is 9.18. The van der Waals surface area contributed by atoms with Gasteiger partial charge in [0.05, 0.1) is 12.7 Å². The van der Waals surface area contributed by atoms with Crippen LogP contribution in [0.25, 0.3) is 0 Å². The molecular formula is C11H11Cl2F3O2. The SMILES string of the molecule is OC(COCC(F)(F)F)Cc1cc(Cl)ccc1Cl. The second-order valence-corrected chi connectivity index (χ2v) is 4.57. The zero-order valence-corrected chi connectivity index (χ0v) is 10.7. The van der Waals surface area contributed by atoms with Crippen molar-refractivity contribution in [1.82, 2.24) is 0 Å². The highest BCUT2D eigenvalue weighted by molar-refractivity contribution is 6.33. The summed E-state index contributed by atoms with van der Waals surface area (Å²) in [7, 11) is 0. The van der Waals surface area contributed by atoms with Crippen LogP contribution in [0.1, 0.15) is 5.56 Å². The van der Waals surface area contributed by atoms with E-state index in [0.29, 0.717) is 15.6 Å². The minimum Gasteiger partial charge on any atom is -0.390 e. The molecule has 0 saturated heterocycles. The average molecular weight is 303 g/mol. The van der Waals surface area contributed by atoms with Crippen molar-refractivity contribution in [3.05, 3.63) is 33.8 Å². The Hall–Kier alpha value is -0.490. The minimum absolute atomic E-state index is 0.0806. The van der Waals surface area contributed by atoms with Gasteiger partial charge in [-0.25, -0.2) is 0 Å². The first-order valence-corrected chi connectivity index (χ1v) is 5.80. The van der Waals surface area contributed by atoms with Gasteiger partial charge in [-0.05, 0) is 23.8 Å². The van der Waals surface area contributed by atoms with Crippen molar-refractivity contribution < 1.29 is 23.0 Å². The van der Waals surface area contributed by atoms with Crippen LogP contribution in [0.15, 0.2) is 18.2 Å². The van der Waals surface area contributed by atoms with Gasteiger partial charge in [-0.1, -0.05) is 23.2 Å². The summed E-state index contributed by atoms with van der Waals surface area (Å²) in [5.41, 5.74) is 0.562. The van der Waals surface area contributed by atoms with Gasteiger partial charge in [0.1, 0.15) is 6.61 Å². The molecule has 102 valence electrons. The van der Waals surface area contributed by atoms with Gasteiger partial charge in [0.15, 0.2) is 0 Å². The highest BCUT2D eigenvalue weighted by Crippen LogP contribution is 2.22. The number of aliphatic hydroxyl groups excluding tert-OH is 1. The van der Waals surface area contributed by atoms with Gasteiger partial charge in [-0.15, -0.1) is 0 Å². The van der Waals surface area contributed by atoms with Crippen LogP contribution in [0.5, 0.6) is 0 Å². The molecule has 0 aliphatic rings. The first-order chi connectivity index (χ1) is 8.28. The summed E-state index contributed by atoms with van der Waals surface area (Å²) >= 11 is 11.6. The molecule has 0 saturated carbocycles. The van der Waals surface area contributed by atoms with E-state index in [1.807, 2.05) is 0 Å². The fraction of sp³-hybridized carbons (Fsp3) is 0.455. The molecule has 0 bridgehead atoms. The fourth-order valence-corrected chi connectivity index (χ4v) is 1.71. The van der Waals surface area contributed by atoms with E-state index < -0.39 is 25.5 Å². The summed E-state index contributed by atoms with van der Waals surface area (Å²) in [6.07, 6.45) is -5.38. The normalized spacial score (nSPS) is 13.7. The van der Waals surface area contributed by atoms with Crippen molar-refractivity contribution in [1.29, 1.82) is 0 Å². The molecule has 0 fully saturated rings. The fourth-order valence-electron chi connectivity index (χ4n) is 1.32. The van der Waals surface area contributed by atoms with Gasteiger partial charge >= 0.3 is 6.18 Å². The summed E-state index contributed by atoms with van der Waals surface area (Å²) in [6, 6.07) is 4.69. The van der Waals surface area contributed by atoms with Crippen LogP contribution in [0.3, 0.4) is 0 Å². The van der Waals surface area contributed by atoms with E-state index in [1.165, 1.54) is 0 Å². The molecule has 0 aromatic heterocycles. The quantitative estimate of drug-likeness (QED) is 0.902. The summed E-state index contributed by atoms with van der Waals surface area (Å²) < 4.78 is 39.8. The van der Waals surface area contributed by atoms with Crippen molar-refractivity contribution >= 4 is 23.2 Å². The lowest BCUT2D eigenvalue weighted by atomic mass is 10.1. The number of halogens is 5. The number of benzene rings is 1. The number of hydrogen-bond acceptors (Lipinski definition) is 2. The molecule has 2 nitrogen and oxygen atoms in total. The van der Waals surface area contributed by atoms with Crippen LogP contribution in [0.4, 0.5) is 13.2 Å². The van der Waals surface area contributed by atoms with Gasteiger partial charge in [0, 0.05) is 16.5 Å². The number of aliphatic hydroxyl groups is 1. The third-order valence-electron chi connectivity index (χ3n) is 2.04. The molecule has 0 radical (unpaired) electrons. The zero-order chi connectivity index (χ0) is 13.8. The van der Waals surface area contributed by atoms with Gasteiger partial charge in [-0.2, -0.15) is 13.2 Å². The second-order valence-electron chi connectivity index (χ2n) is 3.72. The molecule has 0 spiro atoms. The molecule has 1 aromatic carbocycles. The molecular weight excluding hydrogens is 292 g/mol. The maximum absolute atomic E-state index is 11.8. The Morgan fingerprint density at radius 1 is 1.28 bits per heavy atom. The smallest absolute Gasteiger partial charge is 0.390 e. The van der Waals surface area contributed by atoms with E-state index in [9.17, 15) is 18.3 Å². The Morgan fingerprint density at radius 3 is 2.56 bits per heavy atom. The van der Waals surface area contributed by atoms with Crippen molar-refractivity contribution in [2.24, 2.45) is 0 Å². The predicted molar refractivity (Wildman–Crippen MR) is 63.0 cm³/mol. The average Bonchev–Trinajstić information content (AvgIpc) is 2.21. The molecule has 0 aliphatic heterocycles. The van der Waals surface area contributed by atoms with Gasteiger partial charge in [0.25, 0.3) is 0 Å². The lowest BCUT2D eigenvalue weighted by molar-refractivity contribution is -0.179. The van der Waals surface area contributed by atoms with E-state index in [4.69, 9.17) is 23.2 Å². The molecule has 1 N–H and O–H groups in total. The van der Waals surface area contributed by atoms with Crippen molar-refractivity contribution in [3.8, 4) is 0 Å². The topological polar surface area (TPSA) is 29.5 Å². The number of ether oxygens (including phenoxy) is 1. The van der Waals surface area contributed by atoms with E-state index in [2.05, 4.69) is 4.74 Å². The molecule has 1 rings (SSSR count). The third kappa shape index (κ3) is 5.91. The molecule has 1 aromatic rings. The van der Waals surface area contributed by atoms with E-state index >= 15 is 0 Å². The monoisotopic (exact) mass is 302 g/mol. The summed E-state index contributed by atoms with van der Waals surface area (Å²) in [5.74, 6) is 0. The molecule has 0 amide bonds. The molecule has 7 heteroatoms. The number of hydrogen-bond donors (Lipinski definition) is 1. The highest BCUT2D eigenvalue weighted by atomic mass is 35.5. The van der Waals surface area contributed by atoms with Crippen LogP contribution < -0.4 is 0 Å². The number of alkyl halides is 3. The summed E-state index contributed by atoms with van der Waals surface area (Å²) in [5, 5.41) is 10.4. The van der Waals surface area contributed by atoms with E-state index in [0.717, 1.165) is 0 Å². The molecule has 0 aliphatic carbocycles. The molecule has 18 heavy (non-hydrogen) atoms. The Kier molecular flexibility index (Phi) is 5.72. The first-order valence-electron chi connectivity index (χ1n) is 5.04. The van der Waals surface area contributed by atoms with Gasteiger partial charge < -0.3 is 9.84 Å². The Labute approximate surface area is 112 Å². The van der Waals surface area contributed by atoms with Gasteiger partial charge in [-0.3, -0.25) is 0 Å². The van der Waals surface area contributed by atoms with Crippen LogP contribution >= 0.6 is 23.2 Å². The van der Waals surface area contributed by atoms with Crippen LogP contribution in [0, 0.1) is 0 Å². The van der Waals surface area contributed by atoms with Crippen LogP contribution in [0.2, 0.25) is 10.0 Å². The van der Waals surface area contributed by atoms with Crippen molar-refractivity contribution in [2.75, 3.05) is 13.2 Å². The lowest BCUT2D eigenvalue weighted by Crippen LogP contribution is -2.24. The largest absolute Gasteiger partial charge is 0.411 e. The van der Waals surface area contributed by atoms with Crippen molar-refractivity contribution in [2.45, 2.75) is 18.7 Å². The molecule has 1 atom stereocenters. The first kappa shape index (κ1) is 15.6. The summed E-state index contributed by atoms with van der Waals surface area (Å²) in [4.78, 5) is 0. The lowest BCUT2D eigenvalue weighted by Gasteiger charge is -2.13. The maximum Gasteiger partial charge on any atom is 0.411 e. The number of rotatable bonds is 5. The highest BCUT2D eigenvalue weighted by Gasteiger charge is 2.27. The standard InChI is InChI=1S/C11H11Cl2F3O2/c12-8-1-2-10(13)7(3-8)4-9(17)5-18-6-11(14,15)16/h1-3,9,17H,4-6H2. The third-order valence-corrected chi connectivity index (χ3v) is 2.64. The van der Waals surface area contributed by atoms with E-state index in [1.54, 1.807) is 18.2 Å². The van der Waals surface area contributed by atoms with E-state index in [-0.39, 0.29) is 6.42 Å². The molecule has 0 heterocycles. The second kappa shape index (κ2) is 6.61. The van der Waals surface area contributed by atoms with Gasteiger partial charge in [0.2, 0.25) is 0 Å². The maximum atomic E-state index is 11.8. The van der Waals surface area contributed by atoms with Crippen LogP contribution in [-0.4, -0.2) is 30.6 Å². The molecule has 1 unspecified atom stereocenters. The minimum atomic E-state index is -4.40.